The van der Waals surface area contributed by atoms with Gasteiger partial charge in [-0.15, -0.1) is 0 Å². The Balaban J connectivity index is 0. The Kier molecular flexibility index (Phi) is 161. The molecule has 0 heterocycles. The van der Waals surface area contributed by atoms with Crippen molar-refractivity contribution in [2.24, 2.45) is 0 Å². The summed E-state index contributed by atoms with van der Waals surface area (Å²) in [6.07, 6.45) is 0. The predicted molar refractivity (Wildman–Crippen MR) is 11.5 cm³/mol. The number of halogens is 1. The van der Waals surface area contributed by atoms with Crippen LogP contribution in [-0.2, 0) is 0 Å². The Hall–Kier alpha value is 2.23. The molecule has 0 spiro atoms. The van der Waals surface area contributed by atoms with Crippen LogP contribution in [0.2, 0.25) is 0 Å². The molecule has 0 aliphatic carbocycles. The normalized spacial score (nSPS) is 0. The van der Waals surface area contributed by atoms with Gasteiger partial charge >= 0.3 is 70.0 Å². The molecule has 0 unspecified atom stereocenters. The van der Waals surface area contributed by atoms with Crippen LogP contribution in [0.4, 0.5) is 0 Å². The largest absolute Gasteiger partial charge is 3.00 e. The second-order valence-electron chi connectivity index (χ2n) is 0. The van der Waals surface area contributed by atoms with Gasteiger partial charge in [-0.3, -0.25) is 0 Å². The molecule has 0 amide bonds. The molecular formula is AlFMgNa+5. The third-order valence-electron chi connectivity index (χ3n) is 0. The van der Waals surface area contributed by atoms with Crippen LogP contribution < -0.4 is 34.3 Å². The van der Waals surface area contributed by atoms with Crippen molar-refractivity contribution in [2.45, 2.75) is 0 Å². The minimum absolute atomic E-state index is 0. The zero-order chi connectivity index (χ0) is 0. The van der Waals surface area contributed by atoms with Crippen molar-refractivity contribution in [3.8, 4) is 0 Å². The van der Waals surface area contributed by atoms with Crippen molar-refractivity contribution >= 4 is 40.4 Å². The summed E-state index contributed by atoms with van der Waals surface area (Å²) >= 11 is 0. The molecule has 0 nitrogen and oxygen atoms in total. The fourth-order valence-electron chi connectivity index (χ4n) is 0. The van der Waals surface area contributed by atoms with Crippen molar-refractivity contribution in [2.75, 3.05) is 0 Å². The molecule has 0 aromatic carbocycles. The first-order valence-corrected chi connectivity index (χ1v) is 0. The van der Waals surface area contributed by atoms with Crippen LogP contribution in [-0.4, -0.2) is 40.4 Å². The molecule has 0 fully saturated rings. The van der Waals surface area contributed by atoms with Gasteiger partial charge in [0.25, 0.3) is 0 Å². The van der Waals surface area contributed by atoms with Crippen molar-refractivity contribution in [3.05, 3.63) is 0 Å². The number of hydrogen-bond acceptors (Lipinski definition) is 0. The SMILES string of the molecule is [Al+3].[F-].[Mg+2].[Na+]. The molecule has 0 N–H and O–H groups in total. The minimum Gasteiger partial charge on any atom is -1.00 e. The second-order valence-corrected chi connectivity index (χ2v) is 0. The first kappa shape index (κ1) is 34.3. The van der Waals surface area contributed by atoms with E-state index in [1.807, 2.05) is 0 Å². The predicted octanol–water partition coefficient (Wildman–Crippen LogP) is -6.75. The molecule has 8 valence electrons. The van der Waals surface area contributed by atoms with Gasteiger partial charge in [-0.25, -0.2) is 0 Å². The summed E-state index contributed by atoms with van der Waals surface area (Å²) in [4.78, 5) is 0. The monoisotopic (exact) mass is 93.0 g/mol. The topological polar surface area (TPSA) is 0 Å². The Labute approximate surface area is 73.7 Å². The first-order chi connectivity index (χ1) is 0. The summed E-state index contributed by atoms with van der Waals surface area (Å²) in [6.45, 7) is 0. The molecule has 4 heavy (non-hydrogen) atoms. The summed E-state index contributed by atoms with van der Waals surface area (Å²) in [5.74, 6) is 0. The van der Waals surface area contributed by atoms with E-state index in [1.165, 1.54) is 0 Å². The molecule has 0 atom stereocenters. The number of rotatable bonds is 0. The van der Waals surface area contributed by atoms with Gasteiger partial charge in [0.15, 0.2) is 0 Å². The van der Waals surface area contributed by atoms with Crippen LogP contribution in [0, 0.1) is 0 Å². The molecular weight excluding hydrogens is 93.3 g/mol. The van der Waals surface area contributed by atoms with Crippen LogP contribution in [0.25, 0.3) is 0 Å². The van der Waals surface area contributed by atoms with Crippen molar-refractivity contribution in [3.63, 3.8) is 0 Å². The Morgan fingerprint density at radius 2 is 1.00 bits per heavy atom. The maximum atomic E-state index is 0. The summed E-state index contributed by atoms with van der Waals surface area (Å²) in [5, 5.41) is 0. The summed E-state index contributed by atoms with van der Waals surface area (Å²) in [5.41, 5.74) is 0. The van der Waals surface area contributed by atoms with E-state index in [4.69, 9.17) is 0 Å². The second kappa shape index (κ2) is 18.8. The van der Waals surface area contributed by atoms with Gasteiger partial charge in [-0.1, -0.05) is 0 Å². The number of hydrogen-bond donors (Lipinski definition) is 0. The van der Waals surface area contributed by atoms with Crippen molar-refractivity contribution in [1.29, 1.82) is 0 Å². The standard InChI is InChI=1S/Al.FH.Mg.Na/h;1H;;/q+3;;+2;+1/p-1. The van der Waals surface area contributed by atoms with E-state index >= 15 is 0 Å². The fourth-order valence-corrected chi connectivity index (χ4v) is 0. The Morgan fingerprint density at radius 1 is 1.00 bits per heavy atom. The molecule has 0 aliphatic heterocycles. The van der Waals surface area contributed by atoms with Gasteiger partial charge < -0.3 is 4.70 Å². The zero-order valence-corrected chi connectivity index (χ0v) is 7.23. The average molecular weight is 93.3 g/mol. The van der Waals surface area contributed by atoms with E-state index < -0.39 is 0 Å². The molecule has 0 radical (unpaired) electrons. The smallest absolute Gasteiger partial charge is 1.00 e. The fraction of sp³-hybridized carbons (Fsp3) is 0. The molecule has 0 aromatic heterocycles. The third-order valence-corrected chi connectivity index (χ3v) is 0. The van der Waals surface area contributed by atoms with Crippen LogP contribution >= 0.6 is 0 Å². The molecule has 0 aliphatic rings. The summed E-state index contributed by atoms with van der Waals surface area (Å²) in [7, 11) is 0. The van der Waals surface area contributed by atoms with E-state index in [-0.39, 0.29) is 74.7 Å². The van der Waals surface area contributed by atoms with Gasteiger partial charge in [0, 0.05) is 0 Å². The summed E-state index contributed by atoms with van der Waals surface area (Å²) < 4.78 is 0. The van der Waals surface area contributed by atoms with E-state index in [1.54, 1.807) is 0 Å². The van der Waals surface area contributed by atoms with E-state index in [0.717, 1.165) is 0 Å². The third kappa shape index (κ3) is 8.87. The van der Waals surface area contributed by atoms with Crippen LogP contribution in [0.5, 0.6) is 0 Å². The molecule has 0 rings (SSSR count). The first-order valence-electron chi connectivity index (χ1n) is 0. The van der Waals surface area contributed by atoms with E-state index in [9.17, 15) is 0 Å². The van der Waals surface area contributed by atoms with Crippen LogP contribution in [0.15, 0.2) is 0 Å². The van der Waals surface area contributed by atoms with Gasteiger partial charge in [0.2, 0.25) is 0 Å². The molecule has 4 heteroatoms. The maximum absolute atomic E-state index is 0. The van der Waals surface area contributed by atoms with Crippen LogP contribution in [0.3, 0.4) is 0 Å². The van der Waals surface area contributed by atoms with Gasteiger partial charge in [0.05, 0.1) is 0 Å². The molecule has 0 bridgehead atoms. The van der Waals surface area contributed by atoms with E-state index in [0.29, 0.717) is 0 Å². The average Bonchev–Trinajstić information content (AvgIpc) is 0. The van der Waals surface area contributed by atoms with Crippen molar-refractivity contribution < 1.29 is 34.3 Å². The quantitative estimate of drug-likeness (QED) is 0.261. The van der Waals surface area contributed by atoms with E-state index in [2.05, 4.69) is 0 Å². The van der Waals surface area contributed by atoms with Crippen LogP contribution in [0.1, 0.15) is 0 Å². The molecule has 0 saturated carbocycles. The molecule has 0 saturated heterocycles. The van der Waals surface area contributed by atoms with Gasteiger partial charge in [-0.05, 0) is 0 Å². The van der Waals surface area contributed by atoms with Gasteiger partial charge in [-0.2, -0.15) is 0 Å². The Bertz CT molecular complexity index is 8.00. The van der Waals surface area contributed by atoms with Crippen molar-refractivity contribution in [1.82, 2.24) is 0 Å². The minimum atomic E-state index is 0. The Morgan fingerprint density at radius 3 is 1.00 bits per heavy atom. The molecule has 0 aromatic rings. The maximum Gasteiger partial charge on any atom is 3.00 e. The van der Waals surface area contributed by atoms with Gasteiger partial charge in [0.1, 0.15) is 0 Å². The summed E-state index contributed by atoms with van der Waals surface area (Å²) in [6, 6.07) is 0. The zero-order valence-electron chi connectivity index (χ0n) is 2.66.